The first-order valence-corrected chi connectivity index (χ1v) is 9.86. The van der Waals surface area contributed by atoms with Crippen molar-refractivity contribution in [3.05, 3.63) is 90.5 Å². The van der Waals surface area contributed by atoms with Crippen LogP contribution in [0.4, 0.5) is 11.4 Å². The van der Waals surface area contributed by atoms with Gasteiger partial charge in [-0.25, -0.2) is 10.3 Å². The lowest BCUT2D eigenvalue weighted by Gasteiger charge is -2.26. The second-order valence-electron chi connectivity index (χ2n) is 7.40. The van der Waals surface area contributed by atoms with Gasteiger partial charge >= 0.3 is 0 Å². The van der Waals surface area contributed by atoms with Gasteiger partial charge in [0.1, 0.15) is 11.8 Å². The van der Waals surface area contributed by atoms with Gasteiger partial charge in [-0.2, -0.15) is 0 Å². The maximum absolute atomic E-state index is 13.5. The number of rotatable bonds is 4. The number of para-hydroxylation sites is 2. The van der Waals surface area contributed by atoms with Crippen LogP contribution in [0.25, 0.3) is 0 Å². The summed E-state index contributed by atoms with van der Waals surface area (Å²) in [6.07, 6.45) is 0. The molecule has 2 saturated heterocycles. The Bertz CT molecular complexity index is 1070. The van der Waals surface area contributed by atoms with Gasteiger partial charge in [-0.15, -0.1) is 0 Å². The van der Waals surface area contributed by atoms with Crippen molar-refractivity contribution in [2.24, 2.45) is 5.92 Å². The van der Waals surface area contributed by atoms with Crippen molar-refractivity contribution in [1.82, 2.24) is 5.43 Å². The highest BCUT2D eigenvalue weighted by Crippen LogP contribution is 2.43. The van der Waals surface area contributed by atoms with Gasteiger partial charge in [-0.3, -0.25) is 14.6 Å². The van der Waals surface area contributed by atoms with E-state index in [1.54, 1.807) is 19.2 Å². The van der Waals surface area contributed by atoms with Crippen molar-refractivity contribution >= 4 is 23.2 Å². The third-order valence-electron chi connectivity index (χ3n) is 5.76. The number of anilines is 2. The molecule has 0 radical (unpaired) electrons. The Morgan fingerprint density at radius 3 is 1.97 bits per heavy atom. The zero-order valence-electron chi connectivity index (χ0n) is 16.4. The van der Waals surface area contributed by atoms with Crippen LogP contribution in [0.15, 0.2) is 84.9 Å². The number of hydrogen-bond acceptors (Lipinski definition) is 5. The topological polar surface area (TPSA) is 61.9 Å². The minimum absolute atomic E-state index is 0.192. The van der Waals surface area contributed by atoms with Crippen molar-refractivity contribution < 1.29 is 14.3 Å². The highest BCUT2D eigenvalue weighted by Gasteiger charge is 2.59. The van der Waals surface area contributed by atoms with Crippen LogP contribution in [0.3, 0.4) is 0 Å². The normalized spacial score (nSPS) is 23.0. The first kappa shape index (κ1) is 18.4. The first-order chi connectivity index (χ1) is 14.7. The number of carbonyl (C=O) groups excluding carboxylic acids is 2. The molecule has 6 heteroatoms. The highest BCUT2D eigenvalue weighted by atomic mass is 16.5. The Hall–Kier alpha value is -3.64. The van der Waals surface area contributed by atoms with E-state index in [-0.39, 0.29) is 17.9 Å². The van der Waals surface area contributed by atoms with Gasteiger partial charge < -0.3 is 4.74 Å². The van der Waals surface area contributed by atoms with Crippen LogP contribution >= 0.6 is 0 Å². The second-order valence-corrected chi connectivity index (χ2v) is 7.40. The molecule has 150 valence electrons. The molecule has 2 fully saturated rings. The van der Waals surface area contributed by atoms with E-state index in [2.05, 4.69) is 5.43 Å². The number of nitrogens with zero attached hydrogens (tertiary/aromatic N) is 2. The zero-order chi connectivity index (χ0) is 20.7. The van der Waals surface area contributed by atoms with Gasteiger partial charge in [-0.1, -0.05) is 48.5 Å². The van der Waals surface area contributed by atoms with E-state index in [4.69, 9.17) is 4.74 Å². The number of hydrazine groups is 1. The van der Waals surface area contributed by atoms with Crippen LogP contribution in [0.2, 0.25) is 0 Å². The summed E-state index contributed by atoms with van der Waals surface area (Å²) in [7, 11) is 1.62. The van der Waals surface area contributed by atoms with E-state index >= 15 is 0 Å². The molecule has 0 unspecified atom stereocenters. The van der Waals surface area contributed by atoms with E-state index in [1.807, 2.05) is 77.8 Å². The molecule has 0 saturated carbocycles. The number of imide groups is 1. The summed E-state index contributed by atoms with van der Waals surface area (Å²) >= 11 is 0. The Morgan fingerprint density at radius 1 is 0.767 bits per heavy atom. The molecule has 2 aliphatic heterocycles. The number of amides is 2. The smallest absolute Gasteiger partial charge is 0.258 e. The molecule has 2 heterocycles. The Labute approximate surface area is 174 Å². The molecule has 6 nitrogen and oxygen atoms in total. The van der Waals surface area contributed by atoms with Crippen LogP contribution in [0, 0.1) is 5.92 Å². The number of benzene rings is 3. The van der Waals surface area contributed by atoms with Crippen LogP contribution in [0.1, 0.15) is 11.6 Å². The SMILES string of the molecule is COc1ccc([C@@H]2NN(c3ccccc3)[C@@H]3C(=O)N(c4ccccc4)C(=O)[C@@H]32)cc1. The molecule has 2 aliphatic rings. The number of hydrogen-bond donors (Lipinski definition) is 1. The average molecular weight is 399 g/mol. The number of nitrogens with one attached hydrogen (secondary N) is 1. The number of ether oxygens (including phenoxy) is 1. The van der Waals surface area contributed by atoms with Crippen LogP contribution in [0.5, 0.6) is 5.75 Å². The lowest BCUT2D eigenvalue weighted by atomic mass is 9.91. The van der Waals surface area contributed by atoms with Crippen molar-refractivity contribution in [2.45, 2.75) is 12.1 Å². The van der Waals surface area contributed by atoms with Gasteiger partial charge in [0, 0.05) is 0 Å². The summed E-state index contributed by atoms with van der Waals surface area (Å²) in [5.74, 6) is -0.203. The van der Waals surface area contributed by atoms with Crippen molar-refractivity contribution in [2.75, 3.05) is 17.0 Å². The van der Waals surface area contributed by atoms with E-state index in [9.17, 15) is 9.59 Å². The van der Waals surface area contributed by atoms with Gasteiger partial charge in [0.2, 0.25) is 5.91 Å². The largest absolute Gasteiger partial charge is 0.497 e. The number of carbonyl (C=O) groups is 2. The molecule has 30 heavy (non-hydrogen) atoms. The molecule has 0 aromatic heterocycles. The quantitative estimate of drug-likeness (QED) is 0.682. The Morgan fingerprint density at radius 2 is 1.37 bits per heavy atom. The third kappa shape index (κ3) is 2.84. The summed E-state index contributed by atoms with van der Waals surface area (Å²) in [4.78, 5) is 28.3. The van der Waals surface area contributed by atoms with Crippen LogP contribution in [-0.2, 0) is 9.59 Å². The van der Waals surface area contributed by atoms with Crippen molar-refractivity contribution in [3.63, 3.8) is 0 Å². The minimum Gasteiger partial charge on any atom is -0.497 e. The van der Waals surface area contributed by atoms with Gasteiger partial charge in [0.15, 0.2) is 0 Å². The number of methoxy groups -OCH3 is 1. The summed E-state index contributed by atoms with van der Waals surface area (Å²) < 4.78 is 5.26. The molecule has 3 aromatic carbocycles. The predicted octanol–water partition coefficient (Wildman–Crippen LogP) is 3.32. The summed E-state index contributed by atoms with van der Waals surface area (Å²) in [6, 6.07) is 25.4. The van der Waals surface area contributed by atoms with E-state index in [0.29, 0.717) is 5.69 Å². The van der Waals surface area contributed by atoms with E-state index in [0.717, 1.165) is 17.0 Å². The zero-order valence-corrected chi connectivity index (χ0v) is 16.4. The minimum atomic E-state index is -0.618. The molecular formula is C24H21N3O3. The molecular weight excluding hydrogens is 378 g/mol. The van der Waals surface area contributed by atoms with E-state index in [1.165, 1.54) is 4.90 Å². The second kappa shape index (κ2) is 7.31. The first-order valence-electron chi connectivity index (χ1n) is 9.86. The van der Waals surface area contributed by atoms with Crippen LogP contribution < -0.4 is 20.1 Å². The molecule has 3 atom stereocenters. The van der Waals surface area contributed by atoms with E-state index < -0.39 is 12.0 Å². The Balaban J connectivity index is 1.58. The molecule has 0 spiro atoms. The van der Waals surface area contributed by atoms with Crippen LogP contribution in [-0.4, -0.2) is 25.0 Å². The maximum atomic E-state index is 13.5. The fourth-order valence-corrected chi connectivity index (χ4v) is 4.33. The lowest BCUT2D eigenvalue weighted by molar-refractivity contribution is -0.122. The standard InChI is InChI=1S/C24H21N3O3/c1-30-19-14-12-16(13-15-19)21-20-22(27(25-21)18-10-6-3-7-11-18)24(29)26(23(20)28)17-8-4-2-5-9-17/h2-15,20-22,25H,1H3/t20-,21+,22+/m1/s1. The predicted molar refractivity (Wildman–Crippen MR) is 114 cm³/mol. The highest BCUT2D eigenvalue weighted by molar-refractivity contribution is 6.25. The summed E-state index contributed by atoms with van der Waals surface area (Å²) in [5, 5.41) is 1.84. The molecule has 0 aliphatic carbocycles. The van der Waals surface area contributed by atoms with Crippen molar-refractivity contribution in [3.8, 4) is 5.75 Å². The average Bonchev–Trinajstić information content (AvgIpc) is 3.32. The lowest BCUT2D eigenvalue weighted by Crippen LogP contribution is -2.45. The maximum Gasteiger partial charge on any atom is 0.258 e. The molecule has 2 amide bonds. The molecule has 5 rings (SSSR count). The van der Waals surface area contributed by atoms with Gasteiger partial charge in [0.05, 0.1) is 30.4 Å². The van der Waals surface area contributed by atoms with Gasteiger partial charge in [0.25, 0.3) is 5.91 Å². The van der Waals surface area contributed by atoms with Crippen molar-refractivity contribution in [1.29, 1.82) is 0 Å². The monoisotopic (exact) mass is 399 g/mol. The van der Waals surface area contributed by atoms with Gasteiger partial charge in [-0.05, 0) is 42.0 Å². The summed E-state index contributed by atoms with van der Waals surface area (Å²) in [5.41, 5.74) is 5.80. The molecule has 3 aromatic rings. The number of fused-ring (bicyclic) bond motifs is 1. The fourth-order valence-electron chi connectivity index (χ4n) is 4.33. The third-order valence-corrected chi connectivity index (χ3v) is 5.76. The molecule has 1 N–H and O–H groups in total. The Kier molecular flexibility index (Phi) is 4.48. The molecule has 0 bridgehead atoms. The summed E-state index contributed by atoms with van der Waals surface area (Å²) in [6.45, 7) is 0. The fraction of sp³-hybridized carbons (Fsp3) is 0.167.